The summed E-state index contributed by atoms with van der Waals surface area (Å²) in [5, 5.41) is 5.96. The third-order valence-corrected chi connectivity index (χ3v) is 4.47. The van der Waals surface area contributed by atoms with Gasteiger partial charge in [0, 0.05) is 12.1 Å². The van der Waals surface area contributed by atoms with Crippen molar-refractivity contribution >= 4 is 22.8 Å². The van der Waals surface area contributed by atoms with Crippen LogP contribution in [0, 0.1) is 0 Å². The molecule has 146 valence electrons. The molecule has 0 aliphatic carbocycles. The minimum atomic E-state index is -0.394. The van der Waals surface area contributed by atoms with Gasteiger partial charge in [-0.1, -0.05) is 12.1 Å². The SMILES string of the molecule is CC(NC(=O)C1CCCO1)c1nc2ccccc2n1CC(=O)NC(C)(C)C. The molecule has 1 fully saturated rings. The first-order valence-electron chi connectivity index (χ1n) is 9.43. The lowest BCUT2D eigenvalue weighted by Gasteiger charge is -2.22. The topological polar surface area (TPSA) is 85.2 Å². The lowest BCUT2D eigenvalue weighted by atomic mass is 10.1. The van der Waals surface area contributed by atoms with E-state index in [2.05, 4.69) is 15.6 Å². The summed E-state index contributed by atoms with van der Waals surface area (Å²) < 4.78 is 7.33. The summed E-state index contributed by atoms with van der Waals surface area (Å²) in [6, 6.07) is 7.34. The highest BCUT2D eigenvalue weighted by Crippen LogP contribution is 2.22. The van der Waals surface area contributed by atoms with Crippen LogP contribution in [0.15, 0.2) is 24.3 Å². The number of amides is 2. The van der Waals surface area contributed by atoms with Gasteiger partial charge in [0.25, 0.3) is 0 Å². The summed E-state index contributed by atoms with van der Waals surface area (Å²) in [7, 11) is 0. The maximum atomic E-state index is 12.5. The number of benzene rings is 1. The Labute approximate surface area is 159 Å². The summed E-state index contributed by atoms with van der Waals surface area (Å²) in [5.41, 5.74) is 1.36. The van der Waals surface area contributed by atoms with Crippen LogP contribution in [-0.2, 0) is 20.9 Å². The molecule has 0 saturated carbocycles. The maximum absolute atomic E-state index is 12.5. The molecule has 1 aliphatic rings. The van der Waals surface area contributed by atoms with Crippen LogP contribution in [0.5, 0.6) is 0 Å². The largest absolute Gasteiger partial charge is 0.368 e. The van der Waals surface area contributed by atoms with Gasteiger partial charge in [-0.05, 0) is 52.7 Å². The molecule has 2 N–H and O–H groups in total. The molecule has 2 amide bonds. The second-order valence-corrected chi connectivity index (χ2v) is 8.07. The zero-order valence-corrected chi connectivity index (χ0v) is 16.4. The van der Waals surface area contributed by atoms with Crippen LogP contribution in [-0.4, -0.2) is 39.6 Å². The van der Waals surface area contributed by atoms with Crippen LogP contribution in [0.1, 0.15) is 52.4 Å². The zero-order chi connectivity index (χ0) is 19.6. The number of para-hydroxylation sites is 2. The van der Waals surface area contributed by atoms with Gasteiger partial charge in [-0.25, -0.2) is 4.98 Å². The van der Waals surface area contributed by atoms with Crippen LogP contribution in [0.2, 0.25) is 0 Å². The number of imidazole rings is 1. The molecule has 2 heterocycles. The van der Waals surface area contributed by atoms with Gasteiger partial charge in [-0.3, -0.25) is 9.59 Å². The number of nitrogens with zero attached hydrogens (tertiary/aromatic N) is 2. The standard InChI is InChI=1S/C20H28N4O3/c1-13(21-19(26)16-10-7-11-27-16)18-22-14-8-5-6-9-15(14)24(18)12-17(25)23-20(2,3)4/h5-6,8-9,13,16H,7,10-12H2,1-4H3,(H,21,26)(H,23,25). The van der Waals surface area contributed by atoms with E-state index in [-0.39, 0.29) is 29.9 Å². The first kappa shape index (κ1) is 19.4. The number of ether oxygens (including phenoxy) is 1. The van der Waals surface area contributed by atoms with E-state index in [1.807, 2.05) is 56.5 Å². The van der Waals surface area contributed by atoms with E-state index >= 15 is 0 Å². The molecule has 3 rings (SSSR count). The average Bonchev–Trinajstić information content (AvgIpc) is 3.21. The van der Waals surface area contributed by atoms with E-state index in [4.69, 9.17) is 4.74 Å². The van der Waals surface area contributed by atoms with Gasteiger partial charge in [-0.15, -0.1) is 0 Å². The van der Waals surface area contributed by atoms with Gasteiger partial charge in [-0.2, -0.15) is 0 Å². The zero-order valence-electron chi connectivity index (χ0n) is 16.4. The number of hydrogen-bond donors (Lipinski definition) is 2. The summed E-state index contributed by atoms with van der Waals surface area (Å²) >= 11 is 0. The lowest BCUT2D eigenvalue weighted by Crippen LogP contribution is -2.43. The van der Waals surface area contributed by atoms with Gasteiger partial charge in [0.1, 0.15) is 18.5 Å². The Morgan fingerprint density at radius 1 is 1.33 bits per heavy atom. The molecule has 1 aromatic carbocycles. The second kappa shape index (κ2) is 7.68. The summed E-state index contributed by atoms with van der Waals surface area (Å²) in [5.74, 6) is 0.439. The van der Waals surface area contributed by atoms with Crippen molar-refractivity contribution in [2.75, 3.05) is 6.61 Å². The summed E-state index contributed by atoms with van der Waals surface area (Å²) in [6.07, 6.45) is 1.25. The monoisotopic (exact) mass is 372 g/mol. The molecule has 2 atom stereocenters. The van der Waals surface area contributed by atoms with Crippen molar-refractivity contribution < 1.29 is 14.3 Å². The van der Waals surface area contributed by atoms with Gasteiger partial charge in [0.15, 0.2) is 0 Å². The van der Waals surface area contributed by atoms with E-state index in [1.54, 1.807) is 0 Å². The Balaban J connectivity index is 1.85. The normalized spacial score (nSPS) is 18.4. The average molecular weight is 372 g/mol. The third kappa shape index (κ3) is 4.66. The van der Waals surface area contributed by atoms with E-state index in [0.717, 1.165) is 23.9 Å². The minimum absolute atomic E-state index is 0.0930. The molecule has 7 nitrogen and oxygen atoms in total. The van der Waals surface area contributed by atoms with Gasteiger partial charge in [0.2, 0.25) is 11.8 Å². The highest BCUT2D eigenvalue weighted by molar-refractivity contribution is 5.83. The maximum Gasteiger partial charge on any atom is 0.249 e. The molecule has 2 unspecified atom stereocenters. The van der Waals surface area contributed by atoms with Crippen LogP contribution in [0.3, 0.4) is 0 Å². The predicted molar refractivity (Wildman–Crippen MR) is 103 cm³/mol. The molecule has 0 bridgehead atoms. The van der Waals surface area contributed by atoms with E-state index in [9.17, 15) is 9.59 Å². The van der Waals surface area contributed by atoms with Gasteiger partial charge in [0.05, 0.1) is 17.1 Å². The Morgan fingerprint density at radius 2 is 2.07 bits per heavy atom. The molecule has 7 heteroatoms. The van der Waals surface area contributed by atoms with Gasteiger partial charge < -0.3 is 19.9 Å². The number of rotatable bonds is 5. The first-order valence-corrected chi connectivity index (χ1v) is 9.43. The van der Waals surface area contributed by atoms with Crippen molar-refractivity contribution in [3.05, 3.63) is 30.1 Å². The molecule has 27 heavy (non-hydrogen) atoms. The quantitative estimate of drug-likeness (QED) is 0.843. The molecular formula is C20H28N4O3. The molecule has 2 aromatic rings. The van der Waals surface area contributed by atoms with Crippen LogP contribution >= 0.6 is 0 Å². The fourth-order valence-electron chi connectivity index (χ4n) is 3.35. The van der Waals surface area contributed by atoms with E-state index < -0.39 is 6.10 Å². The molecule has 0 spiro atoms. The lowest BCUT2D eigenvalue weighted by molar-refractivity contribution is -0.130. The van der Waals surface area contributed by atoms with E-state index in [0.29, 0.717) is 12.4 Å². The van der Waals surface area contributed by atoms with Crippen molar-refractivity contribution in [2.24, 2.45) is 0 Å². The fourth-order valence-corrected chi connectivity index (χ4v) is 3.35. The number of aromatic nitrogens is 2. The van der Waals surface area contributed by atoms with Crippen LogP contribution in [0.25, 0.3) is 11.0 Å². The summed E-state index contributed by atoms with van der Waals surface area (Å²) in [6.45, 7) is 8.49. The fraction of sp³-hybridized carbons (Fsp3) is 0.550. The number of nitrogens with one attached hydrogen (secondary N) is 2. The van der Waals surface area contributed by atoms with Crippen molar-refractivity contribution in [2.45, 2.75) is 64.8 Å². The molecule has 0 radical (unpaired) electrons. The van der Waals surface area contributed by atoms with Crippen LogP contribution in [0.4, 0.5) is 0 Å². The third-order valence-electron chi connectivity index (χ3n) is 4.47. The Kier molecular flexibility index (Phi) is 5.51. The van der Waals surface area contributed by atoms with Crippen molar-refractivity contribution in [3.8, 4) is 0 Å². The molecule has 1 saturated heterocycles. The second-order valence-electron chi connectivity index (χ2n) is 8.07. The van der Waals surface area contributed by atoms with Crippen LogP contribution < -0.4 is 10.6 Å². The Hall–Kier alpha value is -2.41. The minimum Gasteiger partial charge on any atom is -0.368 e. The highest BCUT2D eigenvalue weighted by Gasteiger charge is 2.27. The summed E-state index contributed by atoms with van der Waals surface area (Å²) in [4.78, 5) is 29.6. The van der Waals surface area contributed by atoms with Crippen molar-refractivity contribution in [1.82, 2.24) is 20.2 Å². The first-order chi connectivity index (χ1) is 12.7. The number of carbonyl (C=O) groups is 2. The smallest absolute Gasteiger partial charge is 0.249 e. The highest BCUT2D eigenvalue weighted by atomic mass is 16.5. The van der Waals surface area contributed by atoms with E-state index in [1.165, 1.54) is 0 Å². The predicted octanol–water partition coefficient (Wildman–Crippen LogP) is 2.31. The Morgan fingerprint density at radius 3 is 2.74 bits per heavy atom. The molecule has 1 aliphatic heterocycles. The van der Waals surface area contributed by atoms with Crippen molar-refractivity contribution in [1.29, 1.82) is 0 Å². The van der Waals surface area contributed by atoms with Gasteiger partial charge >= 0.3 is 0 Å². The van der Waals surface area contributed by atoms with Crippen molar-refractivity contribution in [3.63, 3.8) is 0 Å². The number of carbonyl (C=O) groups excluding carboxylic acids is 2. The Bertz CT molecular complexity index is 831. The number of fused-ring (bicyclic) bond motifs is 1. The molecular weight excluding hydrogens is 344 g/mol. The number of hydrogen-bond acceptors (Lipinski definition) is 4. The molecule has 1 aromatic heterocycles.